The monoisotopic (exact) mass is 265 g/mol. The van der Waals surface area contributed by atoms with Gasteiger partial charge in [0, 0.05) is 12.6 Å². The molecule has 7 nitrogen and oxygen atoms in total. The van der Waals surface area contributed by atoms with Crippen LogP contribution in [-0.2, 0) is 0 Å². The largest absolute Gasteiger partial charge is 0.378 e. The lowest BCUT2D eigenvalue weighted by atomic mass is 9.97. The maximum atomic E-state index is 10.6. The number of anilines is 2. The number of nitrogen functional groups attached to an aromatic ring is 1. The third kappa shape index (κ3) is 3.54. The van der Waals surface area contributed by atoms with Gasteiger partial charge in [0.1, 0.15) is 5.82 Å². The van der Waals surface area contributed by atoms with Gasteiger partial charge in [-0.25, -0.2) is 4.98 Å². The summed E-state index contributed by atoms with van der Waals surface area (Å²) in [6.45, 7) is 3.06. The number of nitro groups is 1. The zero-order chi connectivity index (χ0) is 13.8. The zero-order valence-corrected chi connectivity index (χ0v) is 11.0. The van der Waals surface area contributed by atoms with Gasteiger partial charge in [-0.2, -0.15) is 0 Å². The minimum Gasteiger partial charge on any atom is -0.378 e. The molecule has 104 valence electrons. The predicted octanol–water partition coefficient (Wildman–Crippen LogP) is 1.33. The third-order valence-corrected chi connectivity index (χ3v) is 3.51. The van der Waals surface area contributed by atoms with Gasteiger partial charge in [-0.05, 0) is 45.0 Å². The summed E-state index contributed by atoms with van der Waals surface area (Å²) in [5, 5.41) is 13.8. The lowest BCUT2D eigenvalue weighted by Gasteiger charge is -2.29. The van der Waals surface area contributed by atoms with E-state index in [1.165, 1.54) is 6.07 Å². The number of rotatable bonds is 4. The molecule has 0 amide bonds. The smallest absolute Gasteiger partial charge is 0.311 e. The molecule has 1 aromatic heterocycles. The molecule has 1 aromatic rings. The first-order chi connectivity index (χ1) is 9.06. The molecule has 2 rings (SSSR count). The summed E-state index contributed by atoms with van der Waals surface area (Å²) in [5.74, 6) is 1.18. The van der Waals surface area contributed by atoms with Crippen molar-refractivity contribution in [2.75, 3.05) is 37.7 Å². The molecule has 2 heterocycles. The number of hydrogen-bond donors (Lipinski definition) is 2. The van der Waals surface area contributed by atoms with E-state index in [2.05, 4.69) is 22.2 Å². The van der Waals surface area contributed by atoms with Crippen LogP contribution in [0.2, 0.25) is 0 Å². The summed E-state index contributed by atoms with van der Waals surface area (Å²) >= 11 is 0. The minimum absolute atomic E-state index is 0.0432. The van der Waals surface area contributed by atoms with Crippen molar-refractivity contribution in [3.63, 3.8) is 0 Å². The molecular weight excluding hydrogens is 246 g/mol. The number of nitrogens with two attached hydrogens (primary N) is 1. The number of pyridine rings is 1. The average molecular weight is 265 g/mol. The van der Waals surface area contributed by atoms with Crippen LogP contribution >= 0.6 is 0 Å². The van der Waals surface area contributed by atoms with E-state index in [0.717, 1.165) is 32.5 Å². The molecule has 0 spiro atoms. The Morgan fingerprint density at radius 2 is 2.21 bits per heavy atom. The van der Waals surface area contributed by atoms with Crippen LogP contribution in [0.4, 0.5) is 17.3 Å². The Labute approximate surface area is 112 Å². The maximum absolute atomic E-state index is 10.6. The fraction of sp³-hybridized carbons (Fsp3) is 0.583. The van der Waals surface area contributed by atoms with Crippen molar-refractivity contribution in [3.8, 4) is 0 Å². The van der Waals surface area contributed by atoms with Gasteiger partial charge in [0.2, 0.25) is 5.82 Å². The van der Waals surface area contributed by atoms with Gasteiger partial charge in [-0.3, -0.25) is 10.1 Å². The van der Waals surface area contributed by atoms with E-state index in [1.807, 2.05) is 0 Å². The molecule has 0 saturated carbocycles. The highest BCUT2D eigenvalue weighted by Gasteiger charge is 2.17. The Balaban J connectivity index is 1.89. The second-order valence-corrected chi connectivity index (χ2v) is 4.99. The highest BCUT2D eigenvalue weighted by molar-refractivity contribution is 5.57. The van der Waals surface area contributed by atoms with Crippen molar-refractivity contribution in [1.29, 1.82) is 0 Å². The van der Waals surface area contributed by atoms with E-state index in [9.17, 15) is 10.1 Å². The Kier molecular flexibility index (Phi) is 4.16. The second-order valence-electron chi connectivity index (χ2n) is 4.99. The molecule has 1 fully saturated rings. The van der Waals surface area contributed by atoms with Crippen molar-refractivity contribution in [1.82, 2.24) is 9.88 Å². The number of aromatic nitrogens is 1. The quantitative estimate of drug-likeness (QED) is 0.629. The van der Waals surface area contributed by atoms with E-state index in [1.54, 1.807) is 6.07 Å². The highest BCUT2D eigenvalue weighted by Crippen LogP contribution is 2.22. The fourth-order valence-electron chi connectivity index (χ4n) is 2.24. The molecule has 1 aliphatic rings. The normalized spacial score (nSPS) is 17.3. The summed E-state index contributed by atoms with van der Waals surface area (Å²) in [4.78, 5) is 16.4. The topological polar surface area (TPSA) is 97.3 Å². The number of nitrogens with zero attached hydrogens (tertiary/aromatic N) is 3. The Morgan fingerprint density at radius 1 is 1.53 bits per heavy atom. The van der Waals surface area contributed by atoms with Crippen molar-refractivity contribution in [2.45, 2.75) is 12.8 Å². The minimum atomic E-state index is -0.525. The van der Waals surface area contributed by atoms with Crippen LogP contribution in [0, 0.1) is 16.0 Å². The van der Waals surface area contributed by atoms with Crippen molar-refractivity contribution in [2.24, 2.45) is 5.92 Å². The zero-order valence-electron chi connectivity index (χ0n) is 11.0. The van der Waals surface area contributed by atoms with Crippen LogP contribution in [0.25, 0.3) is 0 Å². The molecule has 0 radical (unpaired) electrons. The summed E-state index contributed by atoms with van der Waals surface area (Å²) < 4.78 is 0. The van der Waals surface area contributed by atoms with Crippen molar-refractivity contribution in [3.05, 3.63) is 22.2 Å². The standard InChI is InChI=1S/C12H19N5O2/c1-16-6-4-9(5-7-16)8-14-11-3-2-10(17(18)19)12(13)15-11/h2-3,9H,4-8H2,1H3,(H3,13,14,15). The van der Waals surface area contributed by atoms with Gasteiger partial charge >= 0.3 is 5.69 Å². The Morgan fingerprint density at radius 3 is 2.79 bits per heavy atom. The predicted molar refractivity (Wildman–Crippen MR) is 74.0 cm³/mol. The van der Waals surface area contributed by atoms with Crippen LogP contribution in [0.1, 0.15) is 12.8 Å². The van der Waals surface area contributed by atoms with E-state index < -0.39 is 4.92 Å². The van der Waals surface area contributed by atoms with Gasteiger partial charge in [-0.1, -0.05) is 0 Å². The van der Waals surface area contributed by atoms with Gasteiger partial charge in [0.25, 0.3) is 0 Å². The Bertz CT molecular complexity index is 457. The Hall–Kier alpha value is -1.89. The molecule has 1 aliphatic heterocycles. The molecule has 7 heteroatoms. The molecule has 0 bridgehead atoms. The first kappa shape index (κ1) is 13.5. The molecule has 0 unspecified atom stereocenters. The van der Waals surface area contributed by atoms with Gasteiger partial charge < -0.3 is 16.0 Å². The molecule has 19 heavy (non-hydrogen) atoms. The first-order valence-corrected chi connectivity index (χ1v) is 6.39. The lowest BCUT2D eigenvalue weighted by Crippen LogP contribution is -2.33. The maximum Gasteiger partial charge on any atom is 0.311 e. The molecule has 0 atom stereocenters. The third-order valence-electron chi connectivity index (χ3n) is 3.51. The van der Waals surface area contributed by atoms with Crippen LogP contribution in [-0.4, -0.2) is 41.5 Å². The van der Waals surface area contributed by atoms with Crippen LogP contribution in [0.5, 0.6) is 0 Å². The molecular formula is C12H19N5O2. The molecule has 3 N–H and O–H groups in total. The SMILES string of the molecule is CN1CCC(CNc2ccc([N+](=O)[O-])c(N)n2)CC1. The average Bonchev–Trinajstić information content (AvgIpc) is 2.37. The summed E-state index contributed by atoms with van der Waals surface area (Å²) in [6.07, 6.45) is 2.32. The van der Waals surface area contributed by atoms with Gasteiger partial charge in [0.15, 0.2) is 0 Å². The van der Waals surface area contributed by atoms with Crippen molar-refractivity contribution < 1.29 is 4.92 Å². The summed E-state index contributed by atoms with van der Waals surface area (Å²) in [6, 6.07) is 2.99. The van der Waals surface area contributed by atoms with Gasteiger partial charge in [0.05, 0.1) is 4.92 Å². The number of piperidine rings is 1. The second kappa shape index (κ2) is 5.83. The summed E-state index contributed by atoms with van der Waals surface area (Å²) in [5.41, 5.74) is 5.40. The van der Waals surface area contributed by atoms with Crippen LogP contribution < -0.4 is 11.1 Å². The van der Waals surface area contributed by atoms with E-state index in [0.29, 0.717) is 11.7 Å². The van der Waals surface area contributed by atoms with E-state index in [4.69, 9.17) is 5.73 Å². The van der Waals surface area contributed by atoms with Gasteiger partial charge in [-0.15, -0.1) is 0 Å². The van der Waals surface area contributed by atoms with E-state index >= 15 is 0 Å². The molecule has 0 aliphatic carbocycles. The van der Waals surface area contributed by atoms with Crippen LogP contribution in [0.3, 0.4) is 0 Å². The number of nitrogens with one attached hydrogen (secondary N) is 1. The van der Waals surface area contributed by atoms with Crippen LogP contribution in [0.15, 0.2) is 12.1 Å². The highest BCUT2D eigenvalue weighted by atomic mass is 16.6. The lowest BCUT2D eigenvalue weighted by molar-refractivity contribution is -0.384. The van der Waals surface area contributed by atoms with Crippen molar-refractivity contribution >= 4 is 17.3 Å². The fourth-order valence-corrected chi connectivity index (χ4v) is 2.24. The summed E-state index contributed by atoms with van der Waals surface area (Å²) in [7, 11) is 2.13. The molecule has 0 aromatic carbocycles. The number of hydrogen-bond acceptors (Lipinski definition) is 6. The number of likely N-dealkylation sites (tertiary alicyclic amines) is 1. The molecule has 1 saturated heterocycles. The van der Waals surface area contributed by atoms with E-state index in [-0.39, 0.29) is 11.5 Å². The first-order valence-electron chi connectivity index (χ1n) is 6.39.